The molecule has 0 aliphatic carbocycles. The molecule has 2 rings (SSSR count). The summed E-state index contributed by atoms with van der Waals surface area (Å²) < 4.78 is 15.6. The summed E-state index contributed by atoms with van der Waals surface area (Å²) in [6.07, 6.45) is 1.61. The third kappa shape index (κ3) is 7.46. The quantitative estimate of drug-likeness (QED) is 0.551. The number of aliphatic carboxylic acids is 1. The van der Waals surface area contributed by atoms with Crippen molar-refractivity contribution in [3.05, 3.63) is 59.7 Å². The van der Waals surface area contributed by atoms with Crippen LogP contribution in [0, 0.1) is 0 Å². The summed E-state index contributed by atoms with van der Waals surface area (Å²) in [7, 11) is 3.06. The van der Waals surface area contributed by atoms with Crippen LogP contribution >= 0.6 is 0 Å². The van der Waals surface area contributed by atoms with Gasteiger partial charge in [0.1, 0.15) is 18.1 Å². The van der Waals surface area contributed by atoms with E-state index >= 15 is 0 Å². The van der Waals surface area contributed by atoms with E-state index in [1.54, 1.807) is 23.1 Å². The van der Waals surface area contributed by atoms with Gasteiger partial charge in [-0.3, -0.25) is 4.79 Å². The molecule has 1 amide bonds. The third-order valence-corrected chi connectivity index (χ3v) is 4.35. The molecule has 7 heteroatoms. The summed E-state index contributed by atoms with van der Waals surface area (Å²) in [5.74, 6) is -0.170. The second-order valence-electron chi connectivity index (χ2n) is 6.43. The first-order valence-electron chi connectivity index (χ1n) is 9.39. The van der Waals surface area contributed by atoms with Gasteiger partial charge in [-0.1, -0.05) is 30.3 Å². The average molecular weight is 401 g/mol. The Labute approximate surface area is 170 Å². The van der Waals surface area contributed by atoms with E-state index in [0.29, 0.717) is 30.2 Å². The first-order valence-corrected chi connectivity index (χ1v) is 9.39. The maximum absolute atomic E-state index is 13.1. The molecule has 0 unspecified atom stereocenters. The molecule has 0 heterocycles. The highest BCUT2D eigenvalue weighted by Gasteiger charge is 2.18. The van der Waals surface area contributed by atoms with Gasteiger partial charge >= 0.3 is 5.97 Å². The molecule has 0 aliphatic rings. The average Bonchev–Trinajstić information content (AvgIpc) is 2.75. The highest BCUT2D eigenvalue weighted by atomic mass is 16.5. The smallest absolute Gasteiger partial charge is 0.329 e. The molecule has 0 saturated heterocycles. The Morgan fingerprint density at radius 3 is 2.21 bits per heavy atom. The van der Waals surface area contributed by atoms with Gasteiger partial charge in [-0.2, -0.15) is 0 Å². The number of methoxy groups -OCH3 is 2. The van der Waals surface area contributed by atoms with E-state index in [0.717, 1.165) is 12.8 Å². The summed E-state index contributed by atoms with van der Waals surface area (Å²) in [5.41, 5.74) is 1.64. The Morgan fingerprint density at radius 2 is 1.62 bits per heavy atom. The predicted octanol–water partition coefficient (Wildman–Crippen LogP) is 2.88. The lowest BCUT2D eigenvalue weighted by Gasteiger charge is -2.23. The second kappa shape index (κ2) is 11.7. The van der Waals surface area contributed by atoms with Gasteiger partial charge < -0.3 is 24.2 Å². The Balaban J connectivity index is 2.07. The molecule has 156 valence electrons. The lowest BCUT2D eigenvalue weighted by molar-refractivity contribution is -0.142. The Hall–Kier alpha value is -3.06. The van der Waals surface area contributed by atoms with Crippen LogP contribution < -0.4 is 9.47 Å². The van der Waals surface area contributed by atoms with Gasteiger partial charge in [0.2, 0.25) is 0 Å². The predicted molar refractivity (Wildman–Crippen MR) is 109 cm³/mol. The van der Waals surface area contributed by atoms with E-state index in [-0.39, 0.29) is 19.1 Å². The standard InChI is InChI=1S/C22H27NO6/c1-27-19-13-18(14-20(15-19)28-2)22(26)23(11-12-29-16-21(24)25)10-6-9-17-7-4-3-5-8-17/h3-5,7-8,13-15H,6,9-12,16H2,1-2H3,(H,24,25). The fraction of sp³-hybridized carbons (Fsp3) is 0.364. The van der Waals surface area contributed by atoms with E-state index < -0.39 is 5.97 Å². The largest absolute Gasteiger partial charge is 0.497 e. The number of ether oxygens (including phenoxy) is 3. The maximum Gasteiger partial charge on any atom is 0.329 e. The molecule has 0 atom stereocenters. The van der Waals surface area contributed by atoms with Crippen LogP contribution in [-0.2, 0) is 16.0 Å². The number of carbonyl (C=O) groups is 2. The molecule has 0 aliphatic heterocycles. The molecule has 0 fully saturated rings. The van der Waals surface area contributed by atoms with Gasteiger partial charge in [0.15, 0.2) is 0 Å². The normalized spacial score (nSPS) is 10.4. The van der Waals surface area contributed by atoms with Crippen LogP contribution in [-0.4, -0.2) is 62.4 Å². The molecule has 2 aromatic rings. The number of carboxylic acid groups (broad SMARTS) is 1. The lowest BCUT2D eigenvalue weighted by Crippen LogP contribution is -2.35. The highest BCUT2D eigenvalue weighted by molar-refractivity contribution is 5.95. The van der Waals surface area contributed by atoms with Gasteiger partial charge in [0, 0.05) is 24.7 Å². The molecule has 7 nitrogen and oxygen atoms in total. The van der Waals surface area contributed by atoms with Crippen molar-refractivity contribution >= 4 is 11.9 Å². The third-order valence-electron chi connectivity index (χ3n) is 4.35. The molecular formula is C22H27NO6. The summed E-state index contributed by atoms with van der Waals surface area (Å²) in [6, 6.07) is 15.1. The second-order valence-corrected chi connectivity index (χ2v) is 6.43. The molecule has 2 aromatic carbocycles. The molecule has 0 radical (unpaired) electrons. The fourth-order valence-corrected chi connectivity index (χ4v) is 2.88. The Bertz CT molecular complexity index is 771. The van der Waals surface area contributed by atoms with E-state index in [1.807, 2.05) is 18.2 Å². The van der Waals surface area contributed by atoms with Crippen molar-refractivity contribution in [1.29, 1.82) is 0 Å². The minimum Gasteiger partial charge on any atom is -0.497 e. The summed E-state index contributed by atoms with van der Waals surface area (Å²) in [5, 5.41) is 8.72. The van der Waals surface area contributed by atoms with Crippen LogP contribution in [0.4, 0.5) is 0 Å². The SMILES string of the molecule is COc1cc(OC)cc(C(=O)N(CCCc2ccccc2)CCOCC(=O)O)c1. The fourth-order valence-electron chi connectivity index (χ4n) is 2.88. The summed E-state index contributed by atoms with van der Waals surface area (Å²) in [4.78, 5) is 25.4. The zero-order valence-corrected chi connectivity index (χ0v) is 16.8. The van der Waals surface area contributed by atoms with Crippen LogP contribution in [0.5, 0.6) is 11.5 Å². The Morgan fingerprint density at radius 1 is 0.966 bits per heavy atom. The zero-order valence-electron chi connectivity index (χ0n) is 16.8. The van der Waals surface area contributed by atoms with E-state index in [9.17, 15) is 9.59 Å². The number of nitrogens with zero attached hydrogens (tertiary/aromatic N) is 1. The van der Waals surface area contributed by atoms with Crippen LogP contribution in [0.1, 0.15) is 22.3 Å². The number of hydrogen-bond donors (Lipinski definition) is 1. The first-order chi connectivity index (χ1) is 14.0. The molecule has 0 bridgehead atoms. The monoisotopic (exact) mass is 401 g/mol. The van der Waals surface area contributed by atoms with Crippen LogP contribution in [0.15, 0.2) is 48.5 Å². The zero-order chi connectivity index (χ0) is 21.1. The number of amides is 1. The van der Waals surface area contributed by atoms with E-state index in [4.69, 9.17) is 19.3 Å². The number of carbonyl (C=O) groups excluding carboxylic acids is 1. The van der Waals surface area contributed by atoms with Crippen LogP contribution in [0.3, 0.4) is 0 Å². The van der Waals surface area contributed by atoms with Gasteiger partial charge in [-0.25, -0.2) is 4.79 Å². The van der Waals surface area contributed by atoms with Crippen molar-refractivity contribution in [1.82, 2.24) is 4.90 Å². The summed E-state index contributed by atoms with van der Waals surface area (Å²) in [6.45, 7) is 0.563. The minimum absolute atomic E-state index is 0.143. The van der Waals surface area contributed by atoms with E-state index in [1.165, 1.54) is 19.8 Å². The minimum atomic E-state index is -1.04. The highest BCUT2D eigenvalue weighted by Crippen LogP contribution is 2.23. The van der Waals surface area contributed by atoms with Crippen LogP contribution in [0.2, 0.25) is 0 Å². The topological polar surface area (TPSA) is 85.3 Å². The van der Waals surface area contributed by atoms with Crippen molar-refractivity contribution in [3.63, 3.8) is 0 Å². The van der Waals surface area contributed by atoms with E-state index in [2.05, 4.69) is 12.1 Å². The van der Waals surface area contributed by atoms with Crippen molar-refractivity contribution < 1.29 is 28.9 Å². The van der Waals surface area contributed by atoms with Gasteiger partial charge in [-0.15, -0.1) is 0 Å². The molecule has 0 spiro atoms. The van der Waals surface area contributed by atoms with Crippen LogP contribution in [0.25, 0.3) is 0 Å². The van der Waals surface area contributed by atoms with Crippen molar-refractivity contribution in [2.75, 3.05) is 40.5 Å². The summed E-state index contributed by atoms with van der Waals surface area (Å²) >= 11 is 0. The van der Waals surface area contributed by atoms with Crippen molar-refractivity contribution in [3.8, 4) is 11.5 Å². The number of hydrogen-bond acceptors (Lipinski definition) is 5. The Kier molecular flexibility index (Phi) is 8.98. The number of benzene rings is 2. The molecule has 0 aromatic heterocycles. The number of rotatable bonds is 12. The molecule has 29 heavy (non-hydrogen) atoms. The van der Waals surface area contributed by atoms with Gasteiger partial charge in [0.25, 0.3) is 5.91 Å². The van der Waals surface area contributed by atoms with Gasteiger partial charge in [-0.05, 0) is 30.5 Å². The maximum atomic E-state index is 13.1. The molecule has 0 saturated carbocycles. The van der Waals surface area contributed by atoms with Crippen molar-refractivity contribution in [2.24, 2.45) is 0 Å². The van der Waals surface area contributed by atoms with Gasteiger partial charge in [0.05, 0.1) is 20.8 Å². The first kappa shape index (κ1) is 22.2. The molecule has 1 N–H and O–H groups in total. The lowest BCUT2D eigenvalue weighted by atomic mass is 10.1. The van der Waals surface area contributed by atoms with Crippen molar-refractivity contribution in [2.45, 2.75) is 12.8 Å². The number of carboxylic acids is 1. The molecular weight excluding hydrogens is 374 g/mol. The number of aryl methyl sites for hydroxylation is 1.